The van der Waals surface area contributed by atoms with Crippen LogP contribution >= 0.6 is 0 Å². The van der Waals surface area contributed by atoms with Crippen LogP contribution in [0.5, 0.6) is 11.5 Å². The number of fused-ring (bicyclic) bond motifs is 1. The summed E-state index contributed by atoms with van der Waals surface area (Å²) >= 11 is 0. The van der Waals surface area contributed by atoms with Crippen molar-refractivity contribution < 1.29 is 19.1 Å². The fraction of sp³-hybridized carbons (Fsp3) is 0.333. The first-order chi connectivity index (χ1) is 15.0. The van der Waals surface area contributed by atoms with Crippen molar-refractivity contribution in [2.75, 3.05) is 32.6 Å². The van der Waals surface area contributed by atoms with E-state index in [2.05, 4.69) is 10.3 Å². The second-order valence-corrected chi connectivity index (χ2v) is 7.91. The van der Waals surface area contributed by atoms with Crippen LogP contribution in [0.1, 0.15) is 17.5 Å². The zero-order valence-corrected chi connectivity index (χ0v) is 18.0. The predicted octanol–water partition coefficient (Wildman–Crippen LogP) is 3.52. The summed E-state index contributed by atoms with van der Waals surface area (Å²) < 4.78 is 10.7. The van der Waals surface area contributed by atoms with Gasteiger partial charge in [0.2, 0.25) is 11.8 Å². The van der Waals surface area contributed by atoms with Crippen LogP contribution in [0, 0.1) is 12.8 Å². The lowest BCUT2D eigenvalue weighted by atomic mass is 10.1. The number of carbonyl (C=O) groups excluding carboxylic acids is 2. The number of nitrogens with zero attached hydrogens (tertiary/aromatic N) is 1. The summed E-state index contributed by atoms with van der Waals surface area (Å²) in [6.45, 7) is 2.95. The van der Waals surface area contributed by atoms with Crippen molar-refractivity contribution in [3.8, 4) is 11.5 Å². The van der Waals surface area contributed by atoms with Crippen molar-refractivity contribution in [3.63, 3.8) is 0 Å². The number of likely N-dealkylation sites (tertiary alicyclic amines) is 1. The van der Waals surface area contributed by atoms with Gasteiger partial charge in [0.05, 0.1) is 25.8 Å². The Labute approximate surface area is 181 Å². The number of rotatable bonds is 7. The molecule has 162 valence electrons. The van der Waals surface area contributed by atoms with Crippen LogP contribution in [-0.2, 0) is 16.0 Å². The Morgan fingerprint density at radius 3 is 2.81 bits per heavy atom. The molecule has 2 N–H and O–H groups in total. The van der Waals surface area contributed by atoms with Crippen LogP contribution in [0.3, 0.4) is 0 Å². The fourth-order valence-corrected chi connectivity index (χ4v) is 4.06. The Morgan fingerprint density at radius 1 is 1.19 bits per heavy atom. The number of hydrogen-bond donors (Lipinski definition) is 2. The molecule has 2 heterocycles. The monoisotopic (exact) mass is 421 g/mol. The molecule has 1 aromatic heterocycles. The third kappa shape index (κ3) is 4.35. The topological polar surface area (TPSA) is 83.7 Å². The average Bonchev–Trinajstić information content (AvgIpc) is 3.35. The number of aryl methyl sites for hydroxylation is 1. The van der Waals surface area contributed by atoms with Crippen LogP contribution in [0.4, 0.5) is 5.69 Å². The fourth-order valence-electron chi connectivity index (χ4n) is 4.06. The van der Waals surface area contributed by atoms with Gasteiger partial charge in [-0.3, -0.25) is 9.59 Å². The number of H-pyrrole nitrogens is 1. The molecule has 0 bridgehead atoms. The summed E-state index contributed by atoms with van der Waals surface area (Å²) in [7, 11) is 3.22. The summed E-state index contributed by atoms with van der Waals surface area (Å²) in [5.41, 5.74) is 3.81. The molecule has 1 fully saturated rings. The van der Waals surface area contributed by atoms with Gasteiger partial charge in [-0.2, -0.15) is 0 Å². The number of nitrogens with one attached hydrogen (secondary N) is 2. The number of anilines is 1. The smallest absolute Gasteiger partial charge is 0.229 e. The summed E-state index contributed by atoms with van der Waals surface area (Å²) in [4.78, 5) is 30.4. The Hall–Kier alpha value is -3.48. The predicted molar refractivity (Wildman–Crippen MR) is 120 cm³/mol. The van der Waals surface area contributed by atoms with Crippen molar-refractivity contribution >= 4 is 28.4 Å². The molecule has 0 aliphatic carbocycles. The Kier molecular flexibility index (Phi) is 5.84. The standard InChI is InChI=1S/C24H27N3O4/c1-15-4-7-22(31-3)21(10-15)26-24(29)17-11-23(28)27(14-17)9-8-16-13-25-20-6-5-18(30-2)12-19(16)20/h4-7,10,12-13,17,25H,8-9,11,14H2,1-3H3,(H,26,29). The van der Waals surface area contributed by atoms with Gasteiger partial charge >= 0.3 is 0 Å². The molecule has 7 heteroatoms. The van der Waals surface area contributed by atoms with Crippen LogP contribution < -0.4 is 14.8 Å². The molecule has 4 rings (SSSR count). The highest BCUT2D eigenvalue weighted by Gasteiger charge is 2.34. The second kappa shape index (κ2) is 8.71. The van der Waals surface area contributed by atoms with E-state index < -0.39 is 0 Å². The molecule has 7 nitrogen and oxygen atoms in total. The molecule has 0 spiro atoms. The van der Waals surface area contributed by atoms with Gasteiger partial charge in [0, 0.05) is 36.6 Å². The first-order valence-electron chi connectivity index (χ1n) is 10.4. The minimum absolute atomic E-state index is 0.00813. The van der Waals surface area contributed by atoms with Crippen LogP contribution in [0.15, 0.2) is 42.6 Å². The van der Waals surface area contributed by atoms with E-state index in [0.717, 1.165) is 27.8 Å². The molecular weight excluding hydrogens is 394 g/mol. The highest BCUT2D eigenvalue weighted by atomic mass is 16.5. The lowest BCUT2D eigenvalue weighted by Gasteiger charge is -2.17. The molecule has 1 atom stereocenters. The minimum Gasteiger partial charge on any atom is -0.497 e. The van der Waals surface area contributed by atoms with Crippen LogP contribution in [-0.4, -0.2) is 49.0 Å². The maximum atomic E-state index is 12.8. The van der Waals surface area contributed by atoms with Gasteiger partial charge in [0.1, 0.15) is 11.5 Å². The van der Waals surface area contributed by atoms with E-state index >= 15 is 0 Å². The number of ether oxygens (including phenoxy) is 2. The number of amides is 2. The maximum absolute atomic E-state index is 12.8. The number of aromatic amines is 1. The van der Waals surface area contributed by atoms with Crippen molar-refractivity contribution in [2.24, 2.45) is 5.92 Å². The number of hydrogen-bond acceptors (Lipinski definition) is 4. The normalized spacial score (nSPS) is 16.0. The van der Waals surface area contributed by atoms with E-state index in [1.807, 2.05) is 49.5 Å². The van der Waals surface area contributed by atoms with Gasteiger partial charge in [-0.05, 0) is 54.8 Å². The molecule has 2 aromatic carbocycles. The van der Waals surface area contributed by atoms with Gasteiger partial charge in [0.25, 0.3) is 0 Å². The van der Waals surface area contributed by atoms with Gasteiger partial charge in [-0.15, -0.1) is 0 Å². The third-order valence-corrected chi connectivity index (χ3v) is 5.82. The summed E-state index contributed by atoms with van der Waals surface area (Å²) in [6, 6.07) is 11.5. The van der Waals surface area contributed by atoms with Crippen molar-refractivity contribution in [1.82, 2.24) is 9.88 Å². The van der Waals surface area contributed by atoms with Gasteiger partial charge in [-0.1, -0.05) is 6.07 Å². The van der Waals surface area contributed by atoms with E-state index in [1.165, 1.54) is 0 Å². The van der Waals surface area contributed by atoms with Gasteiger partial charge < -0.3 is 24.7 Å². The van der Waals surface area contributed by atoms with E-state index in [-0.39, 0.29) is 24.2 Å². The first-order valence-corrected chi connectivity index (χ1v) is 10.4. The summed E-state index contributed by atoms with van der Waals surface area (Å²) in [6.07, 6.45) is 2.90. The Balaban J connectivity index is 1.40. The van der Waals surface area contributed by atoms with E-state index in [1.54, 1.807) is 19.1 Å². The van der Waals surface area contributed by atoms with Crippen LogP contribution in [0.2, 0.25) is 0 Å². The maximum Gasteiger partial charge on any atom is 0.229 e. The molecule has 3 aromatic rings. The lowest BCUT2D eigenvalue weighted by molar-refractivity contribution is -0.128. The molecule has 2 amide bonds. The van der Waals surface area contributed by atoms with Crippen LogP contribution in [0.25, 0.3) is 10.9 Å². The minimum atomic E-state index is -0.374. The van der Waals surface area contributed by atoms with Crippen molar-refractivity contribution in [2.45, 2.75) is 19.8 Å². The summed E-state index contributed by atoms with van der Waals surface area (Å²) in [5.74, 6) is 0.884. The molecule has 1 unspecified atom stereocenters. The zero-order chi connectivity index (χ0) is 22.0. The van der Waals surface area contributed by atoms with Crippen molar-refractivity contribution in [3.05, 3.63) is 53.7 Å². The third-order valence-electron chi connectivity index (χ3n) is 5.82. The van der Waals surface area contributed by atoms with Gasteiger partial charge in [-0.25, -0.2) is 0 Å². The molecular formula is C24H27N3O4. The van der Waals surface area contributed by atoms with Gasteiger partial charge in [0.15, 0.2) is 0 Å². The number of aromatic nitrogens is 1. The molecule has 0 saturated carbocycles. The average molecular weight is 421 g/mol. The first kappa shape index (κ1) is 20.8. The number of methoxy groups -OCH3 is 2. The molecule has 31 heavy (non-hydrogen) atoms. The molecule has 0 radical (unpaired) electrons. The largest absolute Gasteiger partial charge is 0.497 e. The lowest BCUT2D eigenvalue weighted by Crippen LogP contribution is -2.30. The van der Waals surface area contributed by atoms with Crippen molar-refractivity contribution in [1.29, 1.82) is 0 Å². The Bertz CT molecular complexity index is 1120. The SMILES string of the molecule is COc1ccc2[nH]cc(CCN3CC(C(=O)Nc4cc(C)ccc4OC)CC3=O)c2c1. The number of benzene rings is 2. The summed E-state index contributed by atoms with van der Waals surface area (Å²) in [5, 5.41) is 4.02. The van der Waals surface area contributed by atoms with E-state index in [4.69, 9.17) is 9.47 Å². The molecule has 1 aliphatic rings. The second-order valence-electron chi connectivity index (χ2n) is 7.91. The van der Waals surface area contributed by atoms with E-state index in [0.29, 0.717) is 30.9 Å². The molecule has 1 aliphatic heterocycles. The van der Waals surface area contributed by atoms with E-state index in [9.17, 15) is 9.59 Å². The Morgan fingerprint density at radius 2 is 2.03 bits per heavy atom. The highest BCUT2D eigenvalue weighted by molar-refractivity contribution is 5.98. The highest BCUT2D eigenvalue weighted by Crippen LogP contribution is 2.28. The number of carbonyl (C=O) groups is 2. The zero-order valence-electron chi connectivity index (χ0n) is 18.0. The quantitative estimate of drug-likeness (QED) is 0.611. The molecule has 1 saturated heterocycles.